The molecule has 2 saturated heterocycles. The number of likely N-dealkylation sites (tertiary alicyclic amines) is 1. The van der Waals surface area contributed by atoms with Gasteiger partial charge in [-0.15, -0.1) is 11.8 Å². The van der Waals surface area contributed by atoms with E-state index >= 15 is 0 Å². The minimum absolute atomic E-state index is 0.257. The zero-order valence-corrected chi connectivity index (χ0v) is 17.8. The van der Waals surface area contributed by atoms with Crippen LogP contribution in [0.1, 0.15) is 38.7 Å². The normalized spacial score (nSPS) is 19.9. The number of thioether (sulfide) groups is 1. The third kappa shape index (κ3) is 7.46. The zero-order chi connectivity index (χ0) is 22.4. The summed E-state index contributed by atoms with van der Waals surface area (Å²) in [6, 6.07) is 3.99. The Labute approximate surface area is 178 Å². The highest BCUT2D eigenvalue weighted by Gasteiger charge is 2.50. The SMILES string of the molecule is CC(C)CCC(=O)N1CC2(CC(OCc3cccnc3)CS2)C1.O=C(O)C(F)(F)F. The fourth-order valence-corrected chi connectivity index (χ4v) is 4.77. The molecule has 1 aromatic rings. The van der Waals surface area contributed by atoms with E-state index in [0.717, 1.165) is 37.2 Å². The first-order chi connectivity index (χ1) is 14.0. The molecule has 0 aliphatic carbocycles. The summed E-state index contributed by atoms with van der Waals surface area (Å²) < 4.78 is 38.0. The van der Waals surface area contributed by atoms with Crippen LogP contribution in [-0.4, -0.2) is 62.7 Å². The van der Waals surface area contributed by atoms with Gasteiger partial charge in [0.2, 0.25) is 5.91 Å². The number of hydrogen-bond donors (Lipinski definition) is 1. The Kier molecular flexibility index (Phi) is 8.54. The first-order valence-electron chi connectivity index (χ1n) is 9.73. The zero-order valence-electron chi connectivity index (χ0n) is 17.0. The molecule has 1 spiro atoms. The summed E-state index contributed by atoms with van der Waals surface area (Å²) in [5.74, 6) is -0.800. The molecule has 3 heterocycles. The molecule has 2 fully saturated rings. The van der Waals surface area contributed by atoms with Gasteiger partial charge < -0.3 is 14.7 Å². The largest absolute Gasteiger partial charge is 0.490 e. The minimum atomic E-state index is -5.08. The van der Waals surface area contributed by atoms with E-state index in [2.05, 4.69) is 18.8 Å². The molecule has 1 amide bonds. The number of rotatable bonds is 6. The topological polar surface area (TPSA) is 79.7 Å². The molecular formula is C20H27F3N2O4S. The molecule has 1 N–H and O–H groups in total. The van der Waals surface area contributed by atoms with Gasteiger partial charge in [0, 0.05) is 37.7 Å². The average Bonchev–Trinajstić information content (AvgIpc) is 3.08. The van der Waals surface area contributed by atoms with Crippen LogP contribution in [0, 0.1) is 5.92 Å². The Morgan fingerprint density at radius 1 is 1.40 bits per heavy atom. The van der Waals surface area contributed by atoms with Gasteiger partial charge >= 0.3 is 12.1 Å². The maximum absolute atomic E-state index is 12.1. The number of alkyl halides is 3. The van der Waals surface area contributed by atoms with Crippen molar-refractivity contribution in [3.63, 3.8) is 0 Å². The number of hydrogen-bond acceptors (Lipinski definition) is 5. The molecule has 1 atom stereocenters. The first-order valence-corrected chi connectivity index (χ1v) is 10.7. The lowest BCUT2D eigenvalue weighted by molar-refractivity contribution is -0.192. The monoisotopic (exact) mass is 448 g/mol. The van der Waals surface area contributed by atoms with Crippen molar-refractivity contribution in [1.82, 2.24) is 9.88 Å². The summed E-state index contributed by atoms with van der Waals surface area (Å²) in [6.45, 7) is 6.78. The Balaban J connectivity index is 0.000000396. The number of carbonyl (C=O) groups excluding carboxylic acids is 1. The first kappa shape index (κ1) is 24.5. The highest BCUT2D eigenvalue weighted by Crippen LogP contribution is 2.46. The maximum atomic E-state index is 12.1. The highest BCUT2D eigenvalue weighted by molar-refractivity contribution is 8.01. The maximum Gasteiger partial charge on any atom is 0.490 e. The molecular weight excluding hydrogens is 421 g/mol. The molecule has 0 radical (unpaired) electrons. The average molecular weight is 449 g/mol. The number of ether oxygens (including phenoxy) is 1. The van der Waals surface area contributed by atoms with Crippen LogP contribution in [-0.2, 0) is 20.9 Å². The molecule has 2 aliphatic heterocycles. The van der Waals surface area contributed by atoms with Gasteiger partial charge in [0.05, 0.1) is 17.5 Å². The van der Waals surface area contributed by atoms with Crippen molar-refractivity contribution in [1.29, 1.82) is 0 Å². The van der Waals surface area contributed by atoms with E-state index in [-0.39, 0.29) is 4.75 Å². The number of carboxylic acid groups (broad SMARTS) is 1. The van der Waals surface area contributed by atoms with Crippen LogP contribution in [0.5, 0.6) is 0 Å². The van der Waals surface area contributed by atoms with E-state index in [4.69, 9.17) is 14.6 Å². The van der Waals surface area contributed by atoms with Crippen LogP contribution < -0.4 is 0 Å². The Morgan fingerprint density at radius 3 is 2.60 bits per heavy atom. The fraction of sp³-hybridized carbons (Fsp3) is 0.650. The van der Waals surface area contributed by atoms with Crippen LogP contribution in [0.2, 0.25) is 0 Å². The molecule has 0 saturated carbocycles. The van der Waals surface area contributed by atoms with Gasteiger partial charge in [0.1, 0.15) is 0 Å². The summed E-state index contributed by atoms with van der Waals surface area (Å²) in [7, 11) is 0. The lowest BCUT2D eigenvalue weighted by atomic mass is 9.92. The molecule has 168 valence electrons. The minimum Gasteiger partial charge on any atom is -0.475 e. The molecule has 0 bridgehead atoms. The Morgan fingerprint density at radius 2 is 2.07 bits per heavy atom. The highest BCUT2D eigenvalue weighted by atomic mass is 32.2. The number of carboxylic acids is 1. The van der Waals surface area contributed by atoms with Crippen LogP contribution in [0.15, 0.2) is 24.5 Å². The molecule has 3 rings (SSSR count). The second kappa shape index (κ2) is 10.5. The van der Waals surface area contributed by atoms with E-state index in [1.54, 1.807) is 6.20 Å². The van der Waals surface area contributed by atoms with Crippen molar-refractivity contribution in [2.24, 2.45) is 5.92 Å². The summed E-state index contributed by atoms with van der Waals surface area (Å²) in [6.07, 6.45) is 1.60. The van der Waals surface area contributed by atoms with Crippen molar-refractivity contribution < 1.29 is 32.6 Å². The molecule has 2 aliphatic rings. The molecule has 1 aromatic heterocycles. The molecule has 10 heteroatoms. The van der Waals surface area contributed by atoms with E-state index < -0.39 is 12.1 Å². The van der Waals surface area contributed by atoms with Gasteiger partial charge in [-0.1, -0.05) is 19.9 Å². The van der Waals surface area contributed by atoms with Gasteiger partial charge in [-0.05, 0) is 30.4 Å². The molecule has 0 aromatic carbocycles. The summed E-state index contributed by atoms with van der Waals surface area (Å²) >= 11 is 1.99. The number of amides is 1. The third-order valence-electron chi connectivity index (χ3n) is 4.87. The smallest absolute Gasteiger partial charge is 0.475 e. The predicted molar refractivity (Wildman–Crippen MR) is 107 cm³/mol. The van der Waals surface area contributed by atoms with Crippen LogP contribution >= 0.6 is 11.8 Å². The van der Waals surface area contributed by atoms with Crippen molar-refractivity contribution in [3.05, 3.63) is 30.1 Å². The summed E-state index contributed by atoms with van der Waals surface area (Å²) in [5.41, 5.74) is 1.12. The Hall–Kier alpha value is -1.81. The van der Waals surface area contributed by atoms with Gasteiger partial charge in [-0.3, -0.25) is 9.78 Å². The van der Waals surface area contributed by atoms with Crippen LogP contribution in [0.25, 0.3) is 0 Å². The van der Waals surface area contributed by atoms with Crippen LogP contribution in [0.3, 0.4) is 0 Å². The van der Waals surface area contributed by atoms with Crippen LogP contribution in [0.4, 0.5) is 13.2 Å². The lowest BCUT2D eigenvalue weighted by Crippen LogP contribution is -2.60. The van der Waals surface area contributed by atoms with Crippen molar-refractivity contribution in [2.45, 2.75) is 56.7 Å². The standard InChI is InChI=1S/C18H26N2O2S.C2HF3O2/c1-14(2)5-6-17(21)20-12-18(13-20)8-16(11-23-18)22-10-15-4-3-7-19-9-15;3-2(4,5)1(6)7/h3-4,7,9,14,16H,5-6,8,10-13H2,1-2H3;(H,6,7). The predicted octanol–water partition coefficient (Wildman–Crippen LogP) is 3.75. The number of aliphatic carboxylic acids is 1. The summed E-state index contributed by atoms with van der Waals surface area (Å²) in [4.78, 5) is 27.2. The van der Waals surface area contributed by atoms with Crippen molar-refractivity contribution in [3.8, 4) is 0 Å². The van der Waals surface area contributed by atoms with E-state index in [1.807, 2.05) is 35.0 Å². The number of carbonyl (C=O) groups is 2. The summed E-state index contributed by atoms with van der Waals surface area (Å²) in [5, 5.41) is 7.12. The molecule has 6 nitrogen and oxygen atoms in total. The van der Waals surface area contributed by atoms with Gasteiger partial charge in [-0.25, -0.2) is 4.79 Å². The van der Waals surface area contributed by atoms with E-state index in [0.29, 0.717) is 31.0 Å². The van der Waals surface area contributed by atoms with Gasteiger partial charge in [0.15, 0.2) is 0 Å². The quantitative estimate of drug-likeness (QED) is 0.714. The lowest BCUT2D eigenvalue weighted by Gasteiger charge is -2.47. The van der Waals surface area contributed by atoms with Gasteiger partial charge in [0.25, 0.3) is 0 Å². The second-order valence-electron chi connectivity index (χ2n) is 7.98. The molecule has 1 unspecified atom stereocenters. The van der Waals surface area contributed by atoms with E-state index in [1.165, 1.54) is 0 Å². The van der Waals surface area contributed by atoms with Crippen molar-refractivity contribution >= 4 is 23.6 Å². The van der Waals surface area contributed by atoms with Crippen molar-refractivity contribution in [2.75, 3.05) is 18.8 Å². The number of nitrogens with zero attached hydrogens (tertiary/aromatic N) is 2. The van der Waals surface area contributed by atoms with Gasteiger partial charge in [-0.2, -0.15) is 13.2 Å². The third-order valence-corrected chi connectivity index (χ3v) is 6.45. The molecule has 30 heavy (non-hydrogen) atoms. The fourth-order valence-electron chi connectivity index (χ4n) is 3.22. The number of halogens is 3. The number of pyridine rings is 1. The second-order valence-corrected chi connectivity index (χ2v) is 9.47. The Bertz CT molecular complexity index is 710. The number of aromatic nitrogens is 1. The van der Waals surface area contributed by atoms with E-state index in [9.17, 15) is 18.0 Å².